The summed E-state index contributed by atoms with van der Waals surface area (Å²) < 4.78 is 38.7. The number of benzene rings is 2. The van der Waals surface area contributed by atoms with Gasteiger partial charge in [-0.1, -0.05) is 48.0 Å². The molecule has 3 unspecified atom stereocenters. The van der Waals surface area contributed by atoms with Gasteiger partial charge in [-0.25, -0.2) is 0 Å². The Hall–Kier alpha value is -2.48. The lowest BCUT2D eigenvalue weighted by atomic mass is 9.91. The van der Waals surface area contributed by atoms with Gasteiger partial charge in [0.05, 0.1) is 6.04 Å². The zero-order valence-corrected chi connectivity index (χ0v) is 17.4. The summed E-state index contributed by atoms with van der Waals surface area (Å²) in [6.45, 7) is 1.94. The third-order valence-electron chi connectivity index (χ3n) is 5.20. The minimum Gasteiger partial charge on any atom is -0.344 e. The van der Waals surface area contributed by atoms with Crippen LogP contribution in [-0.4, -0.2) is 30.3 Å². The van der Waals surface area contributed by atoms with Crippen LogP contribution in [0, 0.1) is 12.8 Å². The van der Waals surface area contributed by atoms with E-state index in [4.69, 9.17) is 0 Å². The maximum Gasteiger partial charge on any atom is 0.408 e. The number of thioether (sulfide) groups is 1. The molecule has 0 aromatic heterocycles. The van der Waals surface area contributed by atoms with Crippen LogP contribution in [0.25, 0.3) is 0 Å². The van der Waals surface area contributed by atoms with Crippen LogP contribution in [0.2, 0.25) is 0 Å². The summed E-state index contributed by atoms with van der Waals surface area (Å²) in [4.78, 5) is 26.2. The maximum atomic E-state index is 12.9. The van der Waals surface area contributed by atoms with Crippen LogP contribution in [0.5, 0.6) is 0 Å². The second-order valence-electron chi connectivity index (χ2n) is 7.33. The third-order valence-corrected chi connectivity index (χ3v) is 6.01. The summed E-state index contributed by atoms with van der Waals surface area (Å²) >= 11 is 1.53. The normalized spacial score (nSPS) is 20.4. The number of hydrogen-bond donors (Lipinski definition) is 2. The monoisotopic (exact) mass is 436 g/mol. The molecular weight excluding hydrogens is 413 g/mol. The van der Waals surface area contributed by atoms with Crippen molar-refractivity contribution in [1.29, 1.82) is 0 Å². The molecule has 160 valence electrons. The number of alkyl halides is 3. The molecule has 0 bridgehead atoms. The van der Waals surface area contributed by atoms with Crippen molar-refractivity contribution in [3.63, 3.8) is 0 Å². The molecule has 0 aliphatic carbocycles. The number of nitrogens with one attached hydrogen (secondary N) is 2. The fourth-order valence-electron chi connectivity index (χ4n) is 3.64. The second kappa shape index (κ2) is 9.12. The van der Waals surface area contributed by atoms with E-state index in [0.29, 0.717) is 0 Å². The first-order valence-corrected chi connectivity index (χ1v) is 10.8. The molecule has 3 rings (SSSR count). The summed E-state index contributed by atoms with van der Waals surface area (Å²) in [5.74, 6) is -2.62. The largest absolute Gasteiger partial charge is 0.408 e. The zero-order chi connectivity index (χ0) is 21.9. The number of hydrogen-bond acceptors (Lipinski definition) is 3. The molecule has 2 aromatic carbocycles. The quantitative estimate of drug-likeness (QED) is 0.540. The standard InChI is InChI=1S/C22H23F3N2O2S/c1-13-6-5-7-14(12-13)19(15-8-3-4-9-17(15)30-2)27-21(29)16-10-11-18(22(23,24)25)26-20(16)28/h3-9,12,16,18-19H,10-11H2,1-2H3,(H,26,28)(H,27,29). The summed E-state index contributed by atoms with van der Waals surface area (Å²) in [6.07, 6.45) is -3.05. The first-order chi connectivity index (χ1) is 14.2. The summed E-state index contributed by atoms with van der Waals surface area (Å²) in [5.41, 5.74) is 2.72. The number of rotatable bonds is 5. The Kier molecular flexibility index (Phi) is 6.75. The molecule has 0 radical (unpaired) electrons. The molecule has 1 heterocycles. The zero-order valence-electron chi connectivity index (χ0n) is 16.6. The van der Waals surface area contributed by atoms with Crippen LogP contribution in [0.1, 0.15) is 35.6 Å². The van der Waals surface area contributed by atoms with Crippen molar-refractivity contribution >= 4 is 23.6 Å². The van der Waals surface area contributed by atoms with Gasteiger partial charge in [0, 0.05) is 4.90 Å². The Morgan fingerprint density at radius 3 is 2.53 bits per heavy atom. The van der Waals surface area contributed by atoms with Gasteiger partial charge in [-0.15, -0.1) is 11.8 Å². The van der Waals surface area contributed by atoms with Crippen molar-refractivity contribution in [3.05, 3.63) is 65.2 Å². The summed E-state index contributed by atoms with van der Waals surface area (Å²) in [6, 6.07) is 12.8. The second-order valence-corrected chi connectivity index (χ2v) is 8.18. The number of carbonyl (C=O) groups is 2. The molecule has 0 spiro atoms. The van der Waals surface area contributed by atoms with Gasteiger partial charge >= 0.3 is 6.18 Å². The van der Waals surface area contributed by atoms with Crippen molar-refractivity contribution in [2.45, 2.75) is 42.9 Å². The van der Waals surface area contributed by atoms with E-state index in [1.807, 2.05) is 67.0 Å². The molecule has 2 amide bonds. The average Bonchev–Trinajstić information content (AvgIpc) is 2.71. The Bertz CT molecular complexity index is 933. The first-order valence-electron chi connectivity index (χ1n) is 9.57. The van der Waals surface area contributed by atoms with Crippen molar-refractivity contribution in [1.82, 2.24) is 10.6 Å². The van der Waals surface area contributed by atoms with Crippen LogP contribution in [0.4, 0.5) is 13.2 Å². The van der Waals surface area contributed by atoms with Crippen LogP contribution >= 0.6 is 11.8 Å². The van der Waals surface area contributed by atoms with Crippen LogP contribution in [0.3, 0.4) is 0 Å². The molecule has 2 N–H and O–H groups in total. The first kappa shape index (κ1) is 22.2. The van der Waals surface area contributed by atoms with Crippen LogP contribution in [0.15, 0.2) is 53.4 Å². The maximum absolute atomic E-state index is 12.9. The van der Waals surface area contributed by atoms with Gasteiger partial charge in [-0.3, -0.25) is 9.59 Å². The topological polar surface area (TPSA) is 58.2 Å². The molecular formula is C22H23F3N2O2S. The fraction of sp³-hybridized carbons (Fsp3) is 0.364. The smallest absolute Gasteiger partial charge is 0.344 e. The number of amides is 2. The van der Waals surface area contributed by atoms with E-state index in [1.54, 1.807) is 0 Å². The molecule has 1 aliphatic rings. The van der Waals surface area contributed by atoms with Gasteiger partial charge in [-0.05, 0) is 43.2 Å². The van der Waals surface area contributed by atoms with Crippen molar-refractivity contribution < 1.29 is 22.8 Å². The van der Waals surface area contributed by atoms with Gasteiger partial charge in [0.2, 0.25) is 11.8 Å². The number of aryl methyl sites for hydroxylation is 1. The Morgan fingerprint density at radius 1 is 1.17 bits per heavy atom. The SMILES string of the molecule is CSc1ccccc1C(NC(=O)C1CCC(C(F)(F)F)NC1=O)c1cccc(C)c1. The van der Waals surface area contributed by atoms with E-state index < -0.39 is 36.0 Å². The van der Waals surface area contributed by atoms with Crippen molar-refractivity contribution in [2.75, 3.05) is 6.26 Å². The molecule has 30 heavy (non-hydrogen) atoms. The highest BCUT2D eigenvalue weighted by molar-refractivity contribution is 7.98. The van der Waals surface area contributed by atoms with E-state index >= 15 is 0 Å². The molecule has 4 nitrogen and oxygen atoms in total. The molecule has 1 saturated heterocycles. The average molecular weight is 436 g/mol. The van der Waals surface area contributed by atoms with Gasteiger partial charge in [-0.2, -0.15) is 13.2 Å². The summed E-state index contributed by atoms with van der Waals surface area (Å²) in [5, 5.41) is 4.85. The molecule has 2 aromatic rings. The fourth-order valence-corrected chi connectivity index (χ4v) is 4.28. The van der Waals surface area contributed by atoms with E-state index in [2.05, 4.69) is 5.32 Å². The minimum absolute atomic E-state index is 0.146. The molecule has 8 heteroatoms. The number of piperidine rings is 1. The van der Waals surface area contributed by atoms with Gasteiger partial charge in [0.25, 0.3) is 0 Å². The third kappa shape index (κ3) is 4.98. The lowest BCUT2D eigenvalue weighted by molar-refractivity contribution is -0.171. The predicted octanol–water partition coefficient (Wildman–Crippen LogP) is 4.38. The molecule has 1 fully saturated rings. The molecule has 0 saturated carbocycles. The van der Waals surface area contributed by atoms with Gasteiger partial charge < -0.3 is 10.6 Å². The minimum atomic E-state index is -4.52. The number of halogens is 3. The Labute approximate surface area is 177 Å². The summed E-state index contributed by atoms with van der Waals surface area (Å²) in [7, 11) is 0. The van der Waals surface area contributed by atoms with E-state index in [0.717, 1.165) is 21.6 Å². The van der Waals surface area contributed by atoms with E-state index in [9.17, 15) is 22.8 Å². The highest BCUT2D eigenvalue weighted by Crippen LogP contribution is 2.32. The molecule has 3 atom stereocenters. The lowest BCUT2D eigenvalue weighted by Crippen LogP contribution is -2.54. The van der Waals surface area contributed by atoms with Crippen molar-refractivity contribution in [3.8, 4) is 0 Å². The molecule has 1 aliphatic heterocycles. The van der Waals surface area contributed by atoms with Gasteiger partial charge in [0.15, 0.2) is 0 Å². The van der Waals surface area contributed by atoms with Crippen LogP contribution in [-0.2, 0) is 9.59 Å². The Morgan fingerprint density at radius 2 is 1.90 bits per heavy atom. The van der Waals surface area contributed by atoms with Gasteiger partial charge in [0.1, 0.15) is 12.0 Å². The van der Waals surface area contributed by atoms with Crippen LogP contribution < -0.4 is 10.6 Å². The van der Waals surface area contributed by atoms with E-state index in [-0.39, 0.29) is 12.8 Å². The highest BCUT2D eigenvalue weighted by Gasteiger charge is 2.46. The van der Waals surface area contributed by atoms with Crippen molar-refractivity contribution in [2.24, 2.45) is 5.92 Å². The highest BCUT2D eigenvalue weighted by atomic mass is 32.2. The predicted molar refractivity (Wildman–Crippen MR) is 110 cm³/mol. The van der Waals surface area contributed by atoms with E-state index in [1.165, 1.54) is 11.8 Å². The lowest BCUT2D eigenvalue weighted by Gasteiger charge is -2.31. The number of carbonyl (C=O) groups excluding carboxylic acids is 2. The Balaban J connectivity index is 1.87.